The summed E-state index contributed by atoms with van der Waals surface area (Å²) in [5.74, 6) is 1.55. The first-order chi connectivity index (χ1) is 13.7. The fourth-order valence-electron chi connectivity index (χ4n) is 4.95. The molecule has 3 heterocycles. The average molecular weight is 375 g/mol. The second-order valence-corrected chi connectivity index (χ2v) is 8.09. The van der Waals surface area contributed by atoms with Gasteiger partial charge >= 0.3 is 0 Å². The first-order valence-electron chi connectivity index (χ1n) is 10.2. The zero-order valence-corrected chi connectivity index (χ0v) is 15.9. The summed E-state index contributed by atoms with van der Waals surface area (Å²) < 4.78 is 2.02. The number of carbonyl (C=O) groups is 1. The monoisotopic (exact) mass is 375 g/mol. The molecular formula is C23H25N3O2. The van der Waals surface area contributed by atoms with Crippen molar-refractivity contribution in [3.8, 4) is 0 Å². The molecule has 1 N–H and O–H groups in total. The number of amides is 1. The van der Waals surface area contributed by atoms with Gasteiger partial charge in [-0.05, 0) is 62.0 Å². The number of hydrogen-bond acceptors (Lipinski definition) is 3. The molecule has 2 aliphatic rings. The van der Waals surface area contributed by atoms with Crippen LogP contribution in [0.2, 0.25) is 0 Å². The van der Waals surface area contributed by atoms with Crippen LogP contribution in [0.4, 0.5) is 0 Å². The number of aromatic nitrogens is 1. The lowest BCUT2D eigenvalue weighted by Gasteiger charge is -2.23. The highest BCUT2D eigenvalue weighted by Crippen LogP contribution is 2.27. The minimum absolute atomic E-state index is 0.0324. The molecule has 2 fully saturated rings. The lowest BCUT2D eigenvalue weighted by molar-refractivity contribution is -0.131. The molecule has 0 saturated carbocycles. The van der Waals surface area contributed by atoms with E-state index in [0.717, 1.165) is 50.1 Å². The van der Waals surface area contributed by atoms with Gasteiger partial charge in [0.25, 0.3) is 0 Å². The number of hydrogen-bond donors (Lipinski definition) is 1. The molecule has 0 radical (unpaired) electrons. The van der Waals surface area contributed by atoms with Gasteiger partial charge in [-0.2, -0.15) is 0 Å². The van der Waals surface area contributed by atoms with Crippen LogP contribution in [0.3, 0.4) is 0 Å². The number of benzene rings is 2. The Hall–Kier alpha value is -2.66. The van der Waals surface area contributed by atoms with Gasteiger partial charge in [-0.3, -0.25) is 9.59 Å². The summed E-state index contributed by atoms with van der Waals surface area (Å²) in [4.78, 5) is 28.1. The Kier molecular flexibility index (Phi) is 4.40. The Morgan fingerprint density at radius 3 is 2.00 bits per heavy atom. The second-order valence-electron chi connectivity index (χ2n) is 8.09. The molecule has 2 aliphatic heterocycles. The molecule has 2 aromatic carbocycles. The molecule has 5 heteroatoms. The topological polar surface area (TPSA) is 54.3 Å². The molecule has 1 amide bonds. The molecule has 0 aliphatic carbocycles. The quantitative estimate of drug-likeness (QED) is 0.701. The van der Waals surface area contributed by atoms with Crippen molar-refractivity contribution in [1.82, 2.24) is 14.8 Å². The fourth-order valence-corrected chi connectivity index (χ4v) is 4.95. The normalized spacial score (nSPS) is 22.4. The van der Waals surface area contributed by atoms with Crippen LogP contribution in [0, 0.1) is 11.8 Å². The third-order valence-electron chi connectivity index (χ3n) is 6.54. The van der Waals surface area contributed by atoms with Crippen LogP contribution >= 0.6 is 0 Å². The molecule has 5 nitrogen and oxygen atoms in total. The summed E-state index contributed by atoms with van der Waals surface area (Å²) in [6, 6.07) is 15.2. The Balaban J connectivity index is 1.51. The number of fused-ring (bicyclic) bond motifs is 3. The number of nitrogens with zero attached hydrogens (tertiary/aromatic N) is 2. The zero-order valence-electron chi connectivity index (χ0n) is 15.9. The molecule has 144 valence electrons. The largest absolute Gasteiger partial charge is 0.341 e. The van der Waals surface area contributed by atoms with Crippen molar-refractivity contribution in [3.63, 3.8) is 0 Å². The minimum atomic E-state index is 0.0324. The predicted octanol–water partition coefficient (Wildman–Crippen LogP) is 2.61. The highest BCUT2D eigenvalue weighted by molar-refractivity contribution is 5.94. The van der Waals surface area contributed by atoms with E-state index in [-0.39, 0.29) is 17.9 Å². The van der Waals surface area contributed by atoms with Crippen molar-refractivity contribution < 1.29 is 4.79 Å². The van der Waals surface area contributed by atoms with Gasteiger partial charge in [-0.25, -0.2) is 0 Å². The van der Waals surface area contributed by atoms with E-state index in [2.05, 4.69) is 5.32 Å². The highest BCUT2D eigenvalue weighted by atomic mass is 16.2. The molecule has 0 unspecified atom stereocenters. The molecule has 2 saturated heterocycles. The zero-order chi connectivity index (χ0) is 19.1. The molecule has 1 aromatic heterocycles. The number of nitrogens with one attached hydrogen (secondary N) is 1. The maximum atomic E-state index is 13.2. The number of likely N-dealkylation sites (tertiary alicyclic amines) is 1. The van der Waals surface area contributed by atoms with Gasteiger partial charge in [-0.15, -0.1) is 0 Å². The summed E-state index contributed by atoms with van der Waals surface area (Å²) in [5, 5.41) is 4.83. The lowest BCUT2D eigenvalue weighted by atomic mass is 9.92. The van der Waals surface area contributed by atoms with Gasteiger partial charge in [0, 0.05) is 23.9 Å². The number of carbonyl (C=O) groups excluding carboxylic acids is 1. The van der Waals surface area contributed by atoms with Crippen LogP contribution in [0.25, 0.3) is 21.8 Å². The second kappa shape index (κ2) is 7.06. The number of para-hydroxylation sites is 2. The summed E-state index contributed by atoms with van der Waals surface area (Å²) in [6.45, 7) is 4.10. The van der Waals surface area contributed by atoms with Crippen molar-refractivity contribution in [2.45, 2.75) is 19.4 Å². The van der Waals surface area contributed by atoms with E-state index in [9.17, 15) is 9.59 Å². The third kappa shape index (κ3) is 2.90. The lowest BCUT2D eigenvalue weighted by Crippen LogP contribution is -2.35. The third-order valence-corrected chi connectivity index (χ3v) is 6.54. The van der Waals surface area contributed by atoms with E-state index >= 15 is 0 Å². The number of rotatable bonds is 2. The maximum absolute atomic E-state index is 13.2. The van der Waals surface area contributed by atoms with E-state index in [0.29, 0.717) is 22.6 Å². The summed E-state index contributed by atoms with van der Waals surface area (Å²) >= 11 is 0. The SMILES string of the molecule is O=C(Cn1c2ccccc2c(=O)c2ccccc21)N1CC[C@@H]2CNC[C@@H]2CC1. The number of pyridine rings is 1. The molecule has 5 rings (SSSR count). The molecule has 3 aromatic rings. The van der Waals surface area contributed by atoms with Gasteiger partial charge in [0.1, 0.15) is 6.54 Å². The Morgan fingerprint density at radius 1 is 0.893 bits per heavy atom. The van der Waals surface area contributed by atoms with Gasteiger partial charge in [0.15, 0.2) is 5.43 Å². The smallest absolute Gasteiger partial charge is 0.242 e. The van der Waals surface area contributed by atoms with Crippen molar-refractivity contribution in [2.75, 3.05) is 26.2 Å². The van der Waals surface area contributed by atoms with Gasteiger partial charge in [0.2, 0.25) is 5.91 Å². The first-order valence-corrected chi connectivity index (χ1v) is 10.2. The van der Waals surface area contributed by atoms with Crippen LogP contribution in [0.15, 0.2) is 53.3 Å². The fraction of sp³-hybridized carbons (Fsp3) is 0.391. The van der Waals surface area contributed by atoms with Gasteiger partial charge in [-0.1, -0.05) is 24.3 Å². The van der Waals surface area contributed by atoms with E-state index < -0.39 is 0 Å². The average Bonchev–Trinajstić information content (AvgIpc) is 3.09. The Labute approximate surface area is 163 Å². The van der Waals surface area contributed by atoms with Crippen molar-refractivity contribution in [2.24, 2.45) is 11.8 Å². The maximum Gasteiger partial charge on any atom is 0.242 e. The van der Waals surface area contributed by atoms with Crippen molar-refractivity contribution >= 4 is 27.7 Å². The first kappa shape index (κ1) is 17.4. The van der Waals surface area contributed by atoms with Crippen LogP contribution < -0.4 is 10.7 Å². The highest BCUT2D eigenvalue weighted by Gasteiger charge is 2.31. The van der Waals surface area contributed by atoms with E-state index in [1.807, 2.05) is 58.0 Å². The summed E-state index contributed by atoms with van der Waals surface area (Å²) in [5.41, 5.74) is 1.69. The minimum Gasteiger partial charge on any atom is -0.341 e. The van der Waals surface area contributed by atoms with E-state index in [1.165, 1.54) is 0 Å². The molecule has 28 heavy (non-hydrogen) atoms. The van der Waals surface area contributed by atoms with Crippen LogP contribution in [-0.2, 0) is 11.3 Å². The van der Waals surface area contributed by atoms with Crippen molar-refractivity contribution in [1.29, 1.82) is 0 Å². The molecule has 2 atom stereocenters. The molecule has 0 spiro atoms. The molecular weight excluding hydrogens is 350 g/mol. The Morgan fingerprint density at radius 2 is 1.43 bits per heavy atom. The van der Waals surface area contributed by atoms with Crippen molar-refractivity contribution in [3.05, 3.63) is 58.8 Å². The van der Waals surface area contributed by atoms with E-state index in [4.69, 9.17) is 0 Å². The predicted molar refractivity (Wildman–Crippen MR) is 111 cm³/mol. The van der Waals surface area contributed by atoms with Crippen LogP contribution in [0.1, 0.15) is 12.8 Å². The molecule has 0 bridgehead atoms. The summed E-state index contributed by atoms with van der Waals surface area (Å²) in [6.07, 6.45) is 2.16. The van der Waals surface area contributed by atoms with Crippen LogP contribution in [0.5, 0.6) is 0 Å². The summed E-state index contributed by atoms with van der Waals surface area (Å²) in [7, 11) is 0. The standard InChI is InChI=1S/C23H25N3O2/c27-22(25-11-9-16-13-24-14-17(16)10-12-25)15-26-20-7-3-1-5-18(20)23(28)19-6-2-4-8-21(19)26/h1-8,16-17,24H,9-15H2/t16-,17+. The van der Waals surface area contributed by atoms with Gasteiger partial charge in [0.05, 0.1) is 11.0 Å². The van der Waals surface area contributed by atoms with E-state index in [1.54, 1.807) is 0 Å². The Bertz CT molecular complexity index is 1030. The van der Waals surface area contributed by atoms with Gasteiger partial charge < -0.3 is 14.8 Å². The van der Waals surface area contributed by atoms with Crippen LogP contribution in [-0.4, -0.2) is 41.6 Å².